The van der Waals surface area contributed by atoms with Gasteiger partial charge in [-0.25, -0.2) is 28.6 Å². The molecule has 11 N–H and O–H groups in total. The number of hydrogen-bond donors (Lipinski definition) is 10. The van der Waals surface area contributed by atoms with Crippen LogP contribution in [-0.2, 0) is 50.7 Å². The molecule has 3 heterocycles. The lowest BCUT2D eigenvalue weighted by atomic mass is 9.87. The Morgan fingerprint density at radius 3 is 1.89 bits per heavy atom. The average Bonchev–Trinajstić information content (AvgIpc) is 3.87. The summed E-state index contributed by atoms with van der Waals surface area (Å²) in [5.41, 5.74) is 4.29. The van der Waals surface area contributed by atoms with Gasteiger partial charge in [0.15, 0.2) is 22.8 Å². The highest BCUT2D eigenvalue weighted by Crippen LogP contribution is 2.61. The van der Waals surface area contributed by atoms with Gasteiger partial charge < -0.3 is 56.0 Å². The van der Waals surface area contributed by atoms with Crippen molar-refractivity contribution in [1.82, 2.24) is 30.2 Å². The quantitative estimate of drug-likeness (QED) is 0.0292. The molecule has 1 aliphatic heterocycles. The second kappa shape index (κ2) is 32.8. The summed E-state index contributed by atoms with van der Waals surface area (Å²) in [5.74, 6) is -1.03. The maximum atomic E-state index is 12.8. The first kappa shape index (κ1) is 63.8. The van der Waals surface area contributed by atoms with Crippen molar-refractivity contribution in [1.29, 1.82) is 0 Å². The predicted molar refractivity (Wildman–Crippen MR) is 267 cm³/mol. The van der Waals surface area contributed by atoms with Crippen LogP contribution in [0.25, 0.3) is 11.2 Å². The highest BCUT2D eigenvalue weighted by Gasteiger charge is 2.50. The maximum absolute atomic E-state index is 12.8. The van der Waals surface area contributed by atoms with Crippen LogP contribution in [0.15, 0.2) is 12.7 Å². The Labute approximate surface area is 425 Å². The van der Waals surface area contributed by atoms with E-state index in [0.29, 0.717) is 18.8 Å². The van der Waals surface area contributed by atoms with Gasteiger partial charge in [0.25, 0.3) is 0 Å². The lowest BCUT2D eigenvalue weighted by Crippen LogP contribution is -2.46. The van der Waals surface area contributed by atoms with Gasteiger partial charge in [0.2, 0.25) is 11.8 Å². The average molecular weight is 1110 g/mol. The Balaban J connectivity index is 1.23. The molecule has 7 atom stereocenters. The molecule has 0 aromatic carbocycles. The monoisotopic (exact) mass is 1110 g/mol. The number of unbranched alkanes of at least 4 members (excludes halogenated alkanes) is 18. The molecule has 0 aliphatic carbocycles. The number of imidazole rings is 1. The number of nitrogen functional groups attached to an aromatic ring is 1. The zero-order valence-electron chi connectivity index (χ0n) is 41.4. The fourth-order valence-electron chi connectivity index (χ4n) is 7.75. The van der Waals surface area contributed by atoms with Crippen LogP contribution in [0.4, 0.5) is 5.82 Å². The molecular weight excluding hydrogens is 1030 g/mol. The third kappa shape index (κ3) is 24.9. The SMILES string of the molecule is CC(C)(COP(=O)(O)OP(=O)(O)OC[C@H]1O[C@@H](n2cnc3c(N)ncnc32)[C@H](O)[C@@H]1OP(=O)(O)O)[C@@H](O)C(=O)NCCC(=O)NCCSC(=O)CCCCCCCCCCCCCCCCCCCCCO. The van der Waals surface area contributed by atoms with E-state index in [1.165, 1.54) is 104 Å². The van der Waals surface area contributed by atoms with Gasteiger partial charge in [-0.15, -0.1) is 0 Å². The van der Waals surface area contributed by atoms with Crippen LogP contribution in [-0.4, -0.2) is 134 Å². The van der Waals surface area contributed by atoms with E-state index < -0.39 is 84.6 Å². The summed E-state index contributed by atoms with van der Waals surface area (Å²) in [5, 5.41) is 35.5. The Hall–Kier alpha value is -2.48. The second-order valence-electron chi connectivity index (χ2n) is 18.5. The van der Waals surface area contributed by atoms with Crippen LogP contribution in [0.5, 0.6) is 0 Å². The molecule has 72 heavy (non-hydrogen) atoms. The van der Waals surface area contributed by atoms with Gasteiger partial charge in [-0.3, -0.25) is 32.5 Å². The van der Waals surface area contributed by atoms with Crippen molar-refractivity contribution in [3.05, 3.63) is 12.7 Å². The molecule has 414 valence electrons. The first-order valence-corrected chi connectivity index (χ1v) is 30.2. The number of carbonyl (C=O) groups is 3. The summed E-state index contributed by atoms with van der Waals surface area (Å²) < 4.78 is 62.5. The predicted octanol–water partition coefficient (Wildman–Crippen LogP) is 5.46. The molecule has 1 aliphatic rings. The number of aromatic nitrogens is 4. The van der Waals surface area contributed by atoms with Crippen molar-refractivity contribution in [3.63, 3.8) is 0 Å². The van der Waals surface area contributed by atoms with E-state index in [1.807, 2.05) is 0 Å². The zero-order valence-corrected chi connectivity index (χ0v) is 44.9. The maximum Gasteiger partial charge on any atom is 0.481 e. The molecule has 2 unspecified atom stereocenters. The molecule has 2 amide bonds. The van der Waals surface area contributed by atoms with Crippen molar-refractivity contribution >= 4 is 69.1 Å². The summed E-state index contributed by atoms with van der Waals surface area (Å²) in [6.07, 6.45) is 16.7. The number of rotatable bonds is 40. The highest BCUT2D eigenvalue weighted by molar-refractivity contribution is 8.13. The Kier molecular flexibility index (Phi) is 29.1. The fraction of sp³-hybridized carbons (Fsp3) is 0.814. The molecular formula is C43H78N7O18P3S. The number of amides is 2. The van der Waals surface area contributed by atoms with Crippen molar-refractivity contribution in [2.24, 2.45) is 5.41 Å². The van der Waals surface area contributed by atoms with Crippen molar-refractivity contribution < 1.29 is 85.6 Å². The van der Waals surface area contributed by atoms with Gasteiger partial charge in [0.1, 0.15) is 36.3 Å². The second-order valence-corrected chi connectivity index (χ2v) is 23.9. The molecule has 29 heteroatoms. The van der Waals surface area contributed by atoms with Crippen LogP contribution >= 0.6 is 35.2 Å². The Morgan fingerprint density at radius 2 is 1.33 bits per heavy atom. The minimum atomic E-state index is -5.58. The van der Waals surface area contributed by atoms with Crippen LogP contribution in [0.2, 0.25) is 0 Å². The summed E-state index contributed by atoms with van der Waals surface area (Å²) in [4.78, 5) is 88.5. The number of phosphoric ester groups is 3. The van der Waals surface area contributed by atoms with Crippen LogP contribution < -0.4 is 16.4 Å². The Bertz CT molecular complexity index is 2090. The molecule has 2 aromatic rings. The van der Waals surface area contributed by atoms with E-state index in [9.17, 15) is 57.9 Å². The van der Waals surface area contributed by atoms with Crippen molar-refractivity contribution in [3.8, 4) is 0 Å². The van der Waals surface area contributed by atoms with Gasteiger partial charge in [0, 0.05) is 43.7 Å². The summed E-state index contributed by atoms with van der Waals surface area (Å²) in [7, 11) is -16.4. The standard InChI is InChI=1S/C43H78N7O18P3S/c1-43(2,29-65-71(62,63)68-70(60,61)64-28-32-37(67-69(57,58)59)36(54)42(66-32)50-31-49-35-39(44)47-30-48-40(35)50)38(55)41(56)46-24-23-33(52)45-25-27-72-34(53)22-20-18-16-14-12-10-8-6-4-3-5-7-9-11-13-15-17-19-21-26-51/h30-32,36-38,42,51,54-55H,3-29H2,1-2H3,(H,45,52)(H,46,56)(H,60,61)(H,62,63)(H2,44,47,48)(H2,57,58,59)/t32-,36-,37-,38+,42-/m1/s1. The highest BCUT2D eigenvalue weighted by atomic mass is 32.2. The number of nitrogens with zero attached hydrogens (tertiary/aromatic N) is 4. The van der Waals surface area contributed by atoms with Crippen molar-refractivity contribution in [2.75, 3.05) is 44.4 Å². The lowest BCUT2D eigenvalue weighted by molar-refractivity contribution is -0.137. The van der Waals surface area contributed by atoms with Gasteiger partial charge in [0.05, 0.1) is 19.5 Å². The molecule has 1 fully saturated rings. The number of carbonyl (C=O) groups excluding carboxylic acids is 3. The minimum Gasteiger partial charge on any atom is -0.396 e. The molecule has 1 saturated heterocycles. The van der Waals surface area contributed by atoms with E-state index in [-0.39, 0.29) is 41.6 Å². The number of thioether (sulfide) groups is 1. The molecule has 0 bridgehead atoms. The number of aliphatic hydroxyl groups is 3. The topological polar surface area (TPSA) is 384 Å². The molecule has 25 nitrogen and oxygen atoms in total. The first-order valence-electron chi connectivity index (χ1n) is 24.7. The summed E-state index contributed by atoms with van der Waals surface area (Å²) in [6, 6.07) is 0. The van der Waals surface area contributed by atoms with E-state index in [0.717, 1.165) is 61.1 Å². The lowest BCUT2D eigenvalue weighted by Gasteiger charge is -2.30. The minimum absolute atomic E-state index is 0.0326. The third-order valence-electron chi connectivity index (χ3n) is 11.8. The molecule has 3 rings (SSSR count). The Morgan fingerprint density at radius 1 is 0.792 bits per heavy atom. The molecule has 0 saturated carbocycles. The normalized spacial score (nSPS) is 19.5. The third-order valence-corrected chi connectivity index (χ3v) is 15.8. The van der Waals surface area contributed by atoms with E-state index in [4.69, 9.17) is 24.6 Å². The van der Waals surface area contributed by atoms with Gasteiger partial charge in [-0.1, -0.05) is 135 Å². The van der Waals surface area contributed by atoms with Crippen LogP contribution in [0.1, 0.15) is 155 Å². The molecule has 0 spiro atoms. The number of nitrogens with two attached hydrogens (primary N) is 1. The van der Waals surface area contributed by atoms with E-state index in [2.05, 4.69) is 34.4 Å². The van der Waals surface area contributed by atoms with Crippen molar-refractivity contribution in [2.45, 2.75) is 179 Å². The smallest absolute Gasteiger partial charge is 0.396 e. The fourth-order valence-corrected chi connectivity index (χ4v) is 11.3. The van der Waals surface area contributed by atoms with Crippen LogP contribution in [0.3, 0.4) is 0 Å². The number of ether oxygens (including phenoxy) is 1. The molecule has 2 aromatic heterocycles. The molecule has 0 radical (unpaired) electrons. The largest absolute Gasteiger partial charge is 0.481 e. The van der Waals surface area contributed by atoms with Crippen LogP contribution in [0, 0.1) is 5.41 Å². The number of phosphoric acid groups is 3. The van der Waals surface area contributed by atoms with E-state index in [1.54, 1.807) is 0 Å². The number of fused-ring (bicyclic) bond motifs is 1. The van der Waals surface area contributed by atoms with Gasteiger partial charge in [-0.05, 0) is 12.8 Å². The van der Waals surface area contributed by atoms with E-state index >= 15 is 0 Å². The number of hydrogen-bond acceptors (Lipinski definition) is 19. The number of nitrogens with one attached hydrogen (secondary N) is 2. The summed E-state index contributed by atoms with van der Waals surface area (Å²) >= 11 is 1.15. The first-order chi connectivity index (χ1) is 34.1. The zero-order chi connectivity index (χ0) is 53.2. The summed E-state index contributed by atoms with van der Waals surface area (Å²) in [6.45, 7) is 0.880. The van der Waals surface area contributed by atoms with Gasteiger partial charge in [-0.2, -0.15) is 4.31 Å². The number of anilines is 1. The van der Waals surface area contributed by atoms with Gasteiger partial charge >= 0.3 is 23.5 Å². The number of aliphatic hydroxyl groups excluding tert-OH is 3.